The Morgan fingerprint density at radius 2 is 1.94 bits per heavy atom. The van der Waals surface area contributed by atoms with Gasteiger partial charge in [0.05, 0.1) is 17.9 Å². The second-order valence-electron chi connectivity index (χ2n) is 7.86. The van der Waals surface area contributed by atoms with Gasteiger partial charge in [-0.1, -0.05) is 0 Å². The van der Waals surface area contributed by atoms with Gasteiger partial charge >= 0.3 is 0 Å². The lowest BCUT2D eigenvalue weighted by atomic mass is 10.1. The van der Waals surface area contributed by atoms with Crippen molar-refractivity contribution in [2.24, 2.45) is 7.05 Å². The van der Waals surface area contributed by atoms with E-state index in [0.717, 1.165) is 11.4 Å². The molecule has 0 atom stereocenters. The second-order valence-corrected chi connectivity index (χ2v) is 7.86. The number of ketones is 1. The molecule has 0 fully saturated rings. The molecule has 0 aliphatic heterocycles. The lowest BCUT2D eigenvalue weighted by molar-refractivity contribution is 0.101. The molecule has 4 heterocycles. The predicted octanol–water partition coefficient (Wildman–Crippen LogP) is 2.07. The first-order chi connectivity index (χ1) is 16.3. The molecule has 0 aliphatic rings. The summed E-state index contributed by atoms with van der Waals surface area (Å²) in [6, 6.07) is 5.38. The van der Waals surface area contributed by atoms with Gasteiger partial charge in [-0.25, -0.2) is 15.0 Å². The van der Waals surface area contributed by atoms with Crippen LogP contribution in [-0.4, -0.2) is 69.9 Å². The van der Waals surface area contributed by atoms with E-state index >= 15 is 0 Å². The average molecular weight is 463 g/mol. The summed E-state index contributed by atoms with van der Waals surface area (Å²) in [5.41, 5.74) is 2.32. The van der Waals surface area contributed by atoms with Crippen LogP contribution in [0.2, 0.25) is 0 Å². The number of nitrogens with one attached hydrogen (secondary N) is 1. The molecule has 0 aromatic carbocycles. The molecule has 4 aromatic rings. The van der Waals surface area contributed by atoms with Crippen LogP contribution in [0.15, 0.2) is 35.4 Å². The Hall–Kier alpha value is -4.12. The molecule has 0 radical (unpaired) electrons. The number of aromatic nitrogens is 6. The highest BCUT2D eigenvalue weighted by Gasteiger charge is 2.20. The van der Waals surface area contributed by atoms with Crippen molar-refractivity contribution in [2.75, 3.05) is 39.3 Å². The van der Waals surface area contributed by atoms with Crippen LogP contribution in [0.1, 0.15) is 17.3 Å². The Balaban J connectivity index is 1.89. The first kappa shape index (κ1) is 23.1. The molecule has 11 nitrogen and oxygen atoms in total. The normalized spacial score (nSPS) is 11.1. The van der Waals surface area contributed by atoms with Crippen molar-refractivity contribution in [3.05, 3.63) is 46.5 Å². The van der Waals surface area contributed by atoms with E-state index in [1.807, 2.05) is 31.1 Å². The van der Waals surface area contributed by atoms with Crippen LogP contribution < -0.4 is 15.2 Å². The molecule has 0 aliphatic carbocycles. The maximum Gasteiger partial charge on any atom is 0.279 e. The Kier molecular flexibility index (Phi) is 6.37. The van der Waals surface area contributed by atoms with Crippen LogP contribution >= 0.6 is 0 Å². The standard InChI is InChI=1S/C23H25N7O4/c1-13(31)15-10-16(23(25-12-15)34-9-8-33-5)21-26-18-19(22(32)27-21)28-30(4)20(18)14-6-7-17(24-11-14)29(2)3/h6-7,10-12H,8-9H2,1-5H3,(H,26,27,32). The van der Waals surface area contributed by atoms with Crippen molar-refractivity contribution in [1.82, 2.24) is 29.7 Å². The summed E-state index contributed by atoms with van der Waals surface area (Å²) in [6.45, 7) is 2.03. The molecule has 0 saturated carbocycles. The summed E-state index contributed by atoms with van der Waals surface area (Å²) in [5.74, 6) is 1.07. The van der Waals surface area contributed by atoms with E-state index in [4.69, 9.17) is 14.5 Å². The van der Waals surface area contributed by atoms with Crippen LogP contribution in [-0.2, 0) is 11.8 Å². The molecule has 4 rings (SSSR count). The second kappa shape index (κ2) is 9.40. The third-order valence-electron chi connectivity index (χ3n) is 5.21. The molecule has 1 N–H and O–H groups in total. The van der Waals surface area contributed by atoms with E-state index in [-0.39, 0.29) is 29.6 Å². The number of aromatic amines is 1. The molecule has 4 aromatic heterocycles. The van der Waals surface area contributed by atoms with E-state index in [0.29, 0.717) is 28.9 Å². The number of fused-ring (bicyclic) bond motifs is 1. The zero-order valence-corrected chi connectivity index (χ0v) is 19.6. The number of rotatable bonds is 8. The van der Waals surface area contributed by atoms with Crippen LogP contribution in [0.4, 0.5) is 5.82 Å². The fourth-order valence-electron chi connectivity index (χ4n) is 3.47. The Bertz CT molecular complexity index is 1410. The predicted molar refractivity (Wildman–Crippen MR) is 127 cm³/mol. The molecule has 0 bridgehead atoms. The van der Waals surface area contributed by atoms with Gasteiger partial charge in [0.25, 0.3) is 5.56 Å². The smallest absolute Gasteiger partial charge is 0.279 e. The highest BCUT2D eigenvalue weighted by molar-refractivity contribution is 5.95. The highest BCUT2D eigenvalue weighted by atomic mass is 16.5. The van der Waals surface area contributed by atoms with Crippen molar-refractivity contribution in [3.8, 4) is 28.5 Å². The number of carbonyl (C=O) groups excluding carboxylic acids is 1. The number of ether oxygens (including phenoxy) is 2. The minimum atomic E-state index is -0.421. The fraction of sp³-hybridized carbons (Fsp3) is 0.304. The number of Topliss-reactive ketones (excluding diaryl/α,β-unsaturated/α-hetero) is 1. The zero-order chi connectivity index (χ0) is 24.4. The number of pyridine rings is 2. The average Bonchev–Trinajstić information content (AvgIpc) is 3.15. The topological polar surface area (TPSA) is 128 Å². The van der Waals surface area contributed by atoms with Crippen LogP contribution in [0.25, 0.3) is 33.7 Å². The molecular weight excluding hydrogens is 438 g/mol. The molecule has 0 saturated heterocycles. The minimum absolute atomic E-state index is 0.172. The van der Waals surface area contributed by atoms with Crippen LogP contribution in [0, 0.1) is 0 Å². The maximum absolute atomic E-state index is 13.0. The first-order valence-electron chi connectivity index (χ1n) is 10.5. The van der Waals surface area contributed by atoms with Gasteiger partial charge in [0.2, 0.25) is 5.88 Å². The number of anilines is 1. The first-order valence-corrected chi connectivity index (χ1v) is 10.5. The molecule has 0 unspecified atom stereocenters. The van der Waals surface area contributed by atoms with Crippen molar-refractivity contribution in [2.45, 2.75) is 6.92 Å². The molecule has 34 heavy (non-hydrogen) atoms. The van der Waals surface area contributed by atoms with E-state index in [1.165, 1.54) is 13.1 Å². The van der Waals surface area contributed by atoms with Gasteiger partial charge in [-0.3, -0.25) is 14.3 Å². The Morgan fingerprint density at radius 3 is 2.59 bits per heavy atom. The molecule has 11 heteroatoms. The summed E-state index contributed by atoms with van der Waals surface area (Å²) >= 11 is 0. The summed E-state index contributed by atoms with van der Waals surface area (Å²) in [7, 11) is 7.12. The summed E-state index contributed by atoms with van der Waals surface area (Å²) in [5, 5.41) is 4.36. The number of hydrogen-bond acceptors (Lipinski definition) is 9. The van der Waals surface area contributed by atoms with Crippen LogP contribution in [0.5, 0.6) is 5.88 Å². The third-order valence-corrected chi connectivity index (χ3v) is 5.21. The molecule has 0 amide bonds. The quantitative estimate of drug-likeness (QED) is 0.308. The number of methoxy groups -OCH3 is 1. The molecule has 176 valence electrons. The van der Waals surface area contributed by atoms with Gasteiger partial charge in [0.15, 0.2) is 11.3 Å². The number of aryl methyl sites for hydroxylation is 1. The number of carbonyl (C=O) groups is 1. The maximum atomic E-state index is 13.0. The lowest BCUT2D eigenvalue weighted by Gasteiger charge is -2.12. The van der Waals surface area contributed by atoms with Crippen molar-refractivity contribution in [1.29, 1.82) is 0 Å². The summed E-state index contributed by atoms with van der Waals surface area (Å²) < 4.78 is 12.4. The minimum Gasteiger partial charge on any atom is -0.475 e. The van der Waals surface area contributed by atoms with Gasteiger partial charge in [-0.05, 0) is 25.1 Å². The number of nitrogens with zero attached hydrogens (tertiary/aromatic N) is 6. The van der Waals surface area contributed by atoms with Gasteiger partial charge in [-0.15, -0.1) is 0 Å². The van der Waals surface area contributed by atoms with Gasteiger partial charge in [0, 0.05) is 51.8 Å². The van der Waals surface area contributed by atoms with Gasteiger partial charge in [0.1, 0.15) is 23.8 Å². The van der Waals surface area contributed by atoms with Crippen molar-refractivity contribution in [3.63, 3.8) is 0 Å². The van der Waals surface area contributed by atoms with Gasteiger partial charge < -0.3 is 19.4 Å². The Morgan fingerprint density at radius 1 is 1.15 bits per heavy atom. The summed E-state index contributed by atoms with van der Waals surface area (Å²) in [4.78, 5) is 43.0. The Labute approximate surface area is 195 Å². The summed E-state index contributed by atoms with van der Waals surface area (Å²) in [6.07, 6.45) is 3.14. The SMILES string of the molecule is COCCOc1ncc(C(C)=O)cc1-c1nc2c(-c3ccc(N(C)C)nc3)n(C)nc2c(=O)[nH]1. The van der Waals surface area contributed by atoms with E-state index < -0.39 is 5.56 Å². The van der Waals surface area contributed by atoms with Crippen LogP contribution in [0.3, 0.4) is 0 Å². The van der Waals surface area contributed by atoms with E-state index in [2.05, 4.69) is 20.1 Å². The highest BCUT2D eigenvalue weighted by Crippen LogP contribution is 2.30. The van der Waals surface area contributed by atoms with E-state index in [1.54, 1.807) is 31.1 Å². The third kappa shape index (κ3) is 4.37. The lowest BCUT2D eigenvalue weighted by Crippen LogP contribution is -2.12. The molecule has 0 spiro atoms. The fourth-order valence-corrected chi connectivity index (χ4v) is 3.47. The zero-order valence-electron chi connectivity index (χ0n) is 19.6. The van der Waals surface area contributed by atoms with Crippen molar-refractivity contribution < 1.29 is 14.3 Å². The molecular formula is C23H25N7O4. The largest absolute Gasteiger partial charge is 0.475 e. The monoisotopic (exact) mass is 463 g/mol. The van der Waals surface area contributed by atoms with E-state index in [9.17, 15) is 9.59 Å². The van der Waals surface area contributed by atoms with Crippen molar-refractivity contribution >= 4 is 22.6 Å². The number of hydrogen-bond donors (Lipinski definition) is 1. The van der Waals surface area contributed by atoms with Gasteiger partial charge in [-0.2, -0.15) is 5.10 Å². The number of H-pyrrole nitrogens is 1.